The Morgan fingerprint density at radius 3 is 1.52 bits per heavy atom. The average molecular weight is 483 g/mol. The smallest absolute Gasteiger partial charge is 0.216 e. The fraction of sp³-hybridized carbons (Fsp3) is 0. The third-order valence-electron chi connectivity index (χ3n) is 3.96. The molecule has 1 atom stereocenters. The highest BCUT2D eigenvalue weighted by Gasteiger charge is 2.22. The van der Waals surface area contributed by atoms with E-state index in [0.29, 0.717) is 25.8 Å². The van der Waals surface area contributed by atoms with Crippen molar-refractivity contribution < 1.29 is 4.57 Å². The Bertz CT molecular complexity index is 1020. The predicted molar refractivity (Wildman–Crippen MR) is 128 cm³/mol. The van der Waals surface area contributed by atoms with E-state index in [-0.39, 0.29) is 0 Å². The number of anilines is 1. The summed E-state index contributed by atoms with van der Waals surface area (Å²) in [6.07, 6.45) is 0. The quantitative estimate of drug-likeness (QED) is 0.355. The van der Waals surface area contributed by atoms with Crippen LogP contribution in [0, 0.1) is 0 Å². The van der Waals surface area contributed by atoms with Crippen LogP contribution in [0.1, 0.15) is 11.1 Å². The Morgan fingerprint density at radius 1 is 0.690 bits per heavy atom. The first-order chi connectivity index (χ1) is 13.9. The molecular formula is C22H16Cl4NOP. The highest BCUT2D eigenvalue weighted by atomic mass is 35.5. The van der Waals surface area contributed by atoms with Crippen molar-refractivity contribution in [2.45, 2.75) is 0 Å². The lowest BCUT2D eigenvalue weighted by Gasteiger charge is -2.18. The van der Waals surface area contributed by atoms with Crippen LogP contribution in [0.4, 0.5) is 5.69 Å². The lowest BCUT2D eigenvalue weighted by atomic mass is 10.2. The molecule has 0 fully saturated rings. The van der Waals surface area contributed by atoms with E-state index in [1.54, 1.807) is 18.2 Å². The number of halogens is 4. The molecule has 0 aromatic heterocycles. The van der Waals surface area contributed by atoms with Crippen molar-refractivity contribution in [3.8, 4) is 0 Å². The van der Waals surface area contributed by atoms with Crippen LogP contribution in [-0.2, 0) is 4.57 Å². The third-order valence-corrected chi connectivity index (χ3v) is 7.40. The van der Waals surface area contributed by atoms with E-state index in [1.165, 1.54) is 11.6 Å². The molecule has 1 N–H and O–H groups in total. The van der Waals surface area contributed by atoms with Crippen LogP contribution in [0.25, 0.3) is 10.1 Å². The molecule has 0 aliphatic rings. The Kier molecular flexibility index (Phi) is 7.51. The second-order valence-electron chi connectivity index (χ2n) is 6.10. The minimum atomic E-state index is -3.45. The van der Waals surface area contributed by atoms with Gasteiger partial charge in [-0.2, -0.15) is 0 Å². The van der Waals surface area contributed by atoms with Crippen LogP contribution in [0.2, 0.25) is 10.0 Å². The van der Waals surface area contributed by atoms with Gasteiger partial charge in [0, 0.05) is 11.6 Å². The van der Waals surface area contributed by atoms with Gasteiger partial charge in [0.2, 0.25) is 7.29 Å². The monoisotopic (exact) mass is 481 g/mol. The summed E-state index contributed by atoms with van der Waals surface area (Å²) in [5.41, 5.74) is 1.80. The van der Waals surface area contributed by atoms with Crippen molar-refractivity contribution in [3.63, 3.8) is 0 Å². The zero-order valence-corrected chi connectivity index (χ0v) is 18.9. The van der Waals surface area contributed by atoms with Crippen LogP contribution in [0.5, 0.6) is 0 Å². The summed E-state index contributed by atoms with van der Waals surface area (Å²) in [6, 6.07) is 23.5. The molecule has 0 aliphatic carbocycles. The molecule has 0 aliphatic heterocycles. The van der Waals surface area contributed by atoms with Crippen molar-refractivity contribution in [1.29, 1.82) is 0 Å². The first-order valence-electron chi connectivity index (χ1n) is 8.57. The minimum absolute atomic E-state index is 0.318. The van der Waals surface area contributed by atoms with E-state index in [4.69, 9.17) is 46.4 Å². The van der Waals surface area contributed by atoms with E-state index in [9.17, 15) is 4.57 Å². The first-order valence-corrected chi connectivity index (χ1v) is 11.9. The number of nitrogens with one attached hydrogen (secondary N) is 1. The molecule has 0 saturated heterocycles. The summed E-state index contributed by atoms with van der Waals surface area (Å²) < 4.78 is 13.9. The lowest BCUT2D eigenvalue weighted by Crippen LogP contribution is -1.96. The van der Waals surface area contributed by atoms with Gasteiger partial charge in [-0.15, -0.1) is 0 Å². The molecule has 3 aromatic rings. The SMILES string of the molecule is O=P(C=C(Cl)c1ccccc1)(/C=C(\Cl)c1ccccc1)Nc1c(Cl)cccc1Cl. The van der Waals surface area contributed by atoms with E-state index in [2.05, 4.69) is 5.09 Å². The highest BCUT2D eigenvalue weighted by Crippen LogP contribution is 2.55. The third kappa shape index (κ3) is 5.92. The molecular weight excluding hydrogens is 467 g/mol. The zero-order valence-electron chi connectivity index (χ0n) is 15.0. The maximum absolute atomic E-state index is 13.9. The van der Waals surface area contributed by atoms with Gasteiger partial charge in [-0.25, -0.2) is 0 Å². The van der Waals surface area contributed by atoms with Crippen LogP contribution < -0.4 is 5.09 Å². The maximum Gasteiger partial charge on any atom is 0.216 e. The maximum atomic E-state index is 13.9. The molecule has 0 amide bonds. The lowest BCUT2D eigenvalue weighted by molar-refractivity contribution is 0.589. The molecule has 29 heavy (non-hydrogen) atoms. The summed E-state index contributed by atoms with van der Waals surface area (Å²) in [6.45, 7) is 0. The van der Waals surface area contributed by atoms with Crippen LogP contribution in [0.3, 0.4) is 0 Å². The van der Waals surface area contributed by atoms with Crippen LogP contribution >= 0.6 is 53.7 Å². The fourth-order valence-corrected chi connectivity index (χ4v) is 6.07. The van der Waals surface area contributed by atoms with E-state index in [0.717, 1.165) is 11.1 Å². The molecule has 0 radical (unpaired) electrons. The fourth-order valence-electron chi connectivity index (χ4n) is 2.56. The summed E-state index contributed by atoms with van der Waals surface area (Å²) in [4.78, 5) is 0. The second kappa shape index (κ2) is 9.89. The standard InChI is InChI=1S/C22H16Cl4NOP/c23-18-12-7-13-19(24)22(18)27-29(28,14-20(25)16-8-3-1-4-9-16)15-21(26)17-10-5-2-6-11-17/h1-15H,(H,27,28)/b20-14-,21-15?. The summed E-state index contributed by atoms with van der Waals surface area (Å²) in [5.74, 6) is 2.91. The molecule has 3 rings (SSSR count). The van der Waals surface area contributed by atoms with Crippen molar-refractivity contribution in [2.75, 3.05) is 5.09 Å². The van der Waals surface area contributed by atoms with Crippen molar-refractivity contribution in [1.82, 2.24) is 0 Å². The molecule has 0 heterocycles. The minimum Gasteiger partial charge on any atom is -0.328 e. The second-order valence-corrected chi connectivity index (χ2v) is 9.89. The normalized spacial score (nSPS) is 14.3. The van der Waals surface area contributed by atoms with Gasteiger partial charge in [-0.1, -0.05) is 113 Å². The summed E-state index contributed by atoms with van der Waals surface area (Å²) >= 11 is 25.5. The molecule has 1 unspecified atom stereocenters. The number of rotatable bonds is 6. The molecule has 148 valence electrons. The number of para-hydroxylation sites is 1. The summed E-state index contributed by atoms with van der Waals surface area (Å²) in [5, 5.41) is 4.28. The molecule has 0 spiro atoms. The van der Waals surface area contributed by atoms with Gasteiger partial charge in [0.15, 0.2) is 0 Å². The largest absolute Gasteiger partial charge is 0.328 e. The van der Waals surface area contributed by atoms with Crippen LogP contribution in [0.15, 0.2) is 90.5 Å². The van der Waals surface area contributed by atoms with Gasteiger partial charge in [0.1, 0.15) is 0 Å². The van der Waals surface area contributed by atoms with Gasteiger partial charge in [0.25, 0.3) is 0 Å². The highest BCUT2D eigenvalue weighted by molar-refractivity contribution is 7.72. The topological polar surface area (TPSA) is 29.1 Å². The molecule has 0 bridgehead atoms. The van der Waals surface area contributed by atoms with Gasteiger partial charge in [0.05, 0.1) is 25.8 Å². The number of hydrogen-bond acceptors (Lipinski definition) is 1. The Labute approximate surface area is 190 Å². The summed E-state index contributed by atoms with van der Waals surface area (Å²) in [7, 11) is -3.45. The zero-order chi connectivity index (χ0) is 20.9. The van der Waals surface area contributed by atoms with E-state index < -0.39 is 7.29 Å². The Balaban J connectivity index is 2.09. The average Bonchev–Trinajstić information content (AvgIpc) is 2.72. The predicted octanol–water partition coefficient (Wildman–Crippen LogP) is 9.16. The van der Waals surface area contributed by atoms with Crippen LogP contribution in [-0.4, -0.2) is 0 Å². The molecule has 3 aromatic carbocycles. The van der Waals surface area contributed by atoms with E-state index in [1.807, 2.05) is 60.7 Å². The Hall–Kier alpha value is -1.67. The van der Waals surface area contributed by atoms with Gasteiger partial charge in [-0.3, -0.25) is 4.57 Å². The number of benzene rings is 3. The van der Waals surface area contributed by atoms with Gasteiger partial charge in [-0.05, 0) is 23.3 Å². The van der Waals surface area contributed by atoms with E-state index >= 15 is 0 Å². The van der Waals surface area contributed by atoms with Gasteiger partial charge < -0.3 is 5.09 Å². The van der Waals surface area contributed by atoms with Crippen molar-refractivity contribution in [2.24, 2.45) is 0 Å². The molecule has 7 heteroatoms. The molecule has 2 nitrogen and oxygen atoms in total. The first kappa shape index (κ1) is 22.0. The van der Waals surface area contributed by atoms with Crippen molar-refractivity contribution in [3.05, 3.63) is 112 Å². The molecule has 0 saturated carbocycles. The van der Waals surface area contributed by atoms with Crippen molar-refractivity contribution >= 4 is 69.4 Å². The Morgan fingerprint density at radius 2 is 1.10 bits per heavy atom. The number of hydrogen-bond donors (Lipinski definition) is 1. The van der Waals surface area contributed by atoms with Gasteiger partial charge >= 0.3 is 0 Å².